The molecular weight excluding hydrogens is 222 g/mol. The molecule has 0 atom stereocenters. The Labute approximate surface area is 98.8 Å². The van der Waals surface area contributed by atoms with Gasteiger partial charge in [0.1, 0.15) is 5.82 Å². The fourth-order valence-corrected chi connectivity index (χ4v) is 1.42. The molecule has 1 aromatic heterocycles. The van der Waals surface area contributed by atoms with E-state index in [9.17, 15) is 9.59 Å². The SMILES string of the molecule is CC(C)(CC(N)=O)Nc1ccc(C(=O)O)cn1. The molecule has 0 spiro atoms. The third kappa shape index (κ3) is 4.10. The zero-order valence-corrected chi connectivity index (χ0v) is 9.73. The van der Waals surface area contributed by atoms with Crippen molar-refractivity contribution < 1.29 is 14.7 Å². The van der Waals surface area contributed by atoms with Crippen LogP contribution in [0.4, 0.5) is 5.82 Å². The van der Waals surface area contributed by atoms with E-state index in [1.54, 1.807) is 6.07 Å². The molecule has 6 nitrogen and oxygen atoms in total. The van der Waals surface area contributed by atoms with Gasteiger partial charge in [0.05, 0.1) is 5.56 Å². The van der Waals surface area contributed by atoms with Crippen LogP contribution in [0, 0.1) is 0 Å². The van der Waals surface area contributed by atoms with Gasteiger partial charge in [-0.1, -0.05) is 0 Å². The van der Waals surface area contributed by atoms with E-state index >= 15 is 0 Å². The van der Waals surface area contributed by atoms with Gasteiger partial charge in [-0.15, -0.1) is 0 Å². The van der Waals surface area contributed by atoms with Crippen molar-refractivity contribution >= 4 is 17.7 Å². The van der Waals surface area contributed by atoms with E-state index in [-0.39, 0.29) is 12.0 Å². The number of aromatic nitrogens is 1. The molecule has 4 N–H and O–H groups in total. The molecule has 1 heterocycles. The topological polar surface area (TPSA) is 105 Å². The number of nitrogens with zero attached hydrogens (tertiary/aromatic N) is 1. The van der Waals surface area contributed by atoms with Crippen LogP contribution in [-0.2, 0) is 4.79 Å². The normalized spacial score (nSPS) is 10.9. The van der Waals surface area contributed by atoms with E-state index in [0.717, 1.165) is 0 Å². The van der Waals surface area contributed by atoms with Crippen LogP contribution in [0.25, 0.3) is 0 Å². The number of hydrogen-bond donors (Lipinski definition) is 3. The monoisotopic (exact) mass is 237 g/mol. The summed E-state index contributed by atoms with van der Waals surface area (Å²) in [5, 5.41) is 11.7. The molecule has 1 amide bonds. The number of rotatable bonds is 5. The van der Waals surface area contributed by atoms with Gasteiger partial charge in [0.2, 0.25) is 5.91 Å². The van der Waals surface area contributed by atoms with Gasteiger partial charge in [-0.05, 0) is 26.0 Å². The maximum Gasteiger partial charge on any atom is 0.337 e. The number of carbonyl (C=O) groups is 2. The lowest BCUT2D eigenvalue weighted by Crippen LogP contribution is -2.36. The van der Waals surface area contributed by atoms with E-state index in [1.807, 2.05) is 13.8 Å². The first-order valence-corrected chi connectivity index (χ1v) is 5.06. The molecule has 0 saturated carbocycles. The molecule has 0 aliphatic rings. The van der Waals surface area contributed by atoms with Gasteiger partial charge in [-0.2, -0.15) is 0 Å². The lowest BCUT2D eigenvalue weighted by molar-refractivity contribution is -0.118. The molecule has 0 saturated heterocycles. The Morgan fingerprint density at radius 3 is 2.53 bits per heavy atom. The lowest BCUT2D eigenvalue weighted by Gasteiger charge is -2.25. The predicted molar refractivity (Wildman–Crippen MR) is 62.7 cm³/mol. The maximum atomic E-state index is 10.8. The highest BCUT2D eigenvalue weighted by molar-refractivity contribution is 5.87. The quantitative estimate of drug-likeness (QED) is 0.703. The summed E-state index contributed by atoms with van der Waals surface area (Å²) in [6.45, 7) is 3.62. The van der Waals surface area contributed by atoms with Crippen LogP contribution in [0.3, 0.4) is 0 Å². The molecular formula is C11H15N3O3. The van der Waals surface area contributed by atoms with E-state index in [0.29, 0.717) is 5.82 Å². The number of carboxylic acids is 1. The molecule has 0 radical (unpaired) electrons. The van der Waals surface area contributed by atoms with Gasteiger partial charge in [0.25, 0.3) is 0 Å². The number of anilines is 1. The van der Waals surface area contributed by atoms with Gasteiger partial charge in [0, 0.05) is 18.2 Å². The van der Waals surface area contributed by atoms with Crippen LogP contribution >= 0.6 is 0 Å². The van der Waals surface area contributed by atoms with Crippen molar-refractivity contribution in [3.63, 3.8) is 0 Å². The molecule has 0 unspecified atom stereocenters. The highest BCUT2D eigenvalue weighted by Crippen LogP contribution is 2.16. The Morgan fingerprint density at radius 1 is 1.47 bits per heavy atom. The summed E-state index contributed by atoms with van der Waals surface area (Å²) in [5.41, 5.74) is 4.71. The fraction of sp³-hybridized carbons (Fsp3) is 0.364. The summed E-state index contributed by atoms with van der Waals surface area (Å²) < 4.78 is 0. The minimum Gasteiger partial charge on any atom is -0.478 e. The Morgan fingerprint density at radius 2 is 2.12 bits per heavy atom. The van der Waals surface area contributed by atoms with Crippen LogP contribution in [0.5, 0.6) is 0 Å². The molecule has 1 aromatic rings. The fourth-order valence-electron chi connectivity index (χ4n) is 1.42. The smallest absolute Gasteiger partial charge is 0.337 e. The molecule has 0 aromatic carbocycles. The number of carboxylic acid groups (broad SMARTS) is 1. The van der Waals surface area contributed by atoms with Crippen molar-refractivity contribution in [2.45, 2.75) is 25.8 Å². The third-order valence-corrected chi connectivity index (χ3v) is 2.09. The molecule has 0 bridgehead atoms. The molecule has 0 fully saturated rings. The van der Waals surface area contributed by atoms with Gasteiger partial charge < -0.3 is 16.2 Å². The van der Waals surface area contributed by atoms with Gasteiger partial charge in [0.15, 0.2) is 0 Å². The molecule has 6 heteroatoms. The number of aromatic carboxylic acids is 1. The molecule has 92 valence electrons. The number of carbonyl (C=O) groups excluding carboxylic acids is 1. The summed E-state index contributed by atoms with van der Waals surface area (Å²) in [7, 11) is 0. The highest BCUT2D eigenvalue weighted by atomic mass is 16.4. The highest BCUT2D eigenvalue weighted by Gasteiger charge is 2.20. The molecule has 17 heavy (non-hydrogen) atoms. The largest absolute Gasteiger partial charge is 0.478 e. The zero-order chi connectivity index (χ0) is 13.1. The van der Waals surface area contributed by atoms with Crippen LogP contribution in [0.1, 0.15) is 30.6 Å². The second-order valence-electron chi connectivity index (χ2n) is 4.39. The van der Waals surface area contributed by atoms with Crippen molar-refractivity contribution in [2.75, 3.05) is 5.32 Å². The third-order valence-electron chi connectivity index (χ3n) is 2.09. The minimum atomic E-state index is -1.03. The number of primary amides is 1. The zero-order valence-electron chi connectivity index (χ0n) is 9.73. The van der Waals surface area contributed by atoms with Crippen LogP contribution < -0.4 is 11.1 Å². The Bertz CT molecular complexity index is 426. The Kier molecular flexibility index (Phi) is 3.67. The Hall–Kier alpha value is -2.11. The second kappa shape index (κ2) is 4.82. The number of amides is 1. The summed E-state index contributed by atoms with van der Waals surface area (Å²) in [5.74, 6) is -0.939. The van der Waals surface area contributed by atoms with E-state index < -0.39 is 17.4 Å². The van der Waals surface area contributed by atoms with Crippen molar-refractivity contribution in [3.05, 3.63) is 23.9 Å². The van der Waals surface area contributed by atoms with Crippen molar-refractivity contribution in [2.24, 2.45) is 5.73 Å². The van der Waals surface area contributed by atoms with Crippen molar-refractivity contribution in [1.82, 2.24) is 4.98 Å². The standard InChI is InChI=1S/C11H15N3O3/c1-11(2,5-8(12)15)14-9-4-3-7(6-13-9)10(16)17/h3-4,6H,5H2,1-2H3,(H2,12,15)(H,13,14)(H,16,17). The van der Waals surface area contributed by atoms with E-state index in [2.05, 4.69) is 10.3 Å². The first-order valence-electron chi connectivity index (χ1n) is 5.06. The van der Waals surface area contributed by atoms with E-state index in [4.69, 9.17) is 10.8 Å². The molecule has 0 aliphatic heterocycles. The Balaban J connectivity index is 2.75. The summed E-state index contributed by atoms with van der Waals surface area (Å²) in [6, 6.07) is 2.99. The lowest BCUT2D eigenvalue weighted by atomic mass is 10.0. The number of nitrogens with two attached hydrogens (primary N) is 1. The predicted octanol–water partition coefficient (Wildman–Crippen LogP) is 0.846. The molecule has 0 aliphatic carbocycles. The van der Waals surface area contributed by atoms with Gasteiger partial charge in [-0.25, -0.2) is 9.78 Å². The van der Waals surface area contributed by atoms with Crippen LogP contribution in [0.2, 0.25) is 0 Å². The average molecular weight is 237 g/mol. The van der Waals surface area contributed by atoms with Crippen LogP contribution in [-0.4, -0.2) is 27.5 Å². The second-order valence-corrected chi connectivity index (χ2v) is 4.39. The minimum absolute atomic E-state index is 0.114. The first kappa shape index (κ1) is 13.0. The first-order chi connectivity index (χ1) is 7.80. The van der Waals surface area contributed by atoms with Gasteiger partial charge >= 0.3 is 5.97 Å². The summed E-state index contributed by atoms with van der Waals surface area (Å²) in [4.78, 5) is 25.4. The average Bonchev–Trinajstić information content (AvgIpc) is 2.15. The van der Waals surface area contributed by atoms with Crippen LogP contribution in [0.15, 0.2) is 18.3 Å². The van der Waals surface area contributed by atoms with Gasteiger partial charge in [-0.3, -0.25) is 4.79 Å². The van der Waals surface area contributed by atoms with E-state index in [1.165, 1.54) is 12.3 Å². The number of pyridine rings is 1. The van der Waals surface area contributed by atoms with Crippen molar-refractivity contribution in [3.8, 4) is 0 Å². The molecule has 1 rings (SSSR count). The summed E-state index contributed by atoms with van der Waals surface area (Å²) >= 11 is 0. The maximum absolute atomic E-state index is 10.8. The summed E-state index contributed by atoms with van der Waals surface area (Å²) in [6.07, 6.45) is 1.42. The van der Waals surface area contributed by atoms with Crippen molar-refractivity contribution in [1.29, 1.82) is 0 Å². The number of nitrogens with one attached hydrogen (secondary N) is 1. The number of hydrogen-bond acceptors (Lipinski definition) is 4.